The van der Waals surface area contributed by atoms with Crippen molar-refractivity contribution in [2.45, 2.75) is 38.9 Å². The second kappa shape index (κ2) is 9.01. The Morgan fingerprint density at radius 2 is 1.68 bits per heavy atom. The second-order valence-electron chi connectivity index (χ2n) is 6.78. The highest BCUT2D eigenvalue weighted by atomic mass is 35.5. The van der Waals surface area contributed by atoms with Crippen LogP contribution < -0.4 is 5.32 Å². The van der Waals surface area contributed by atoms with E-state index in [2.05, 4.69) is 5.32 Å². The minimum atomic E-state index is -4.50. The fourth-order valence-corrected chi connectivity index (χ4v) is 3.30. The minimum absolute atomic E-state index is 0.0106. The summed E-state index contributed by atoms with van der Waals surface area (Å²) in [6.45, 7) is 5.44. The van der Waals surface area contributed by atoms with Crippen LogP contribution in [0.5, 0.6) is 0 Å². The number of carbonyl (C=O) groups excluding carboxylic acids is 1. The van der Waals surface area contributed by atoms with Crippen molar-refractivity contribution in [2.75, 3.05) is 0 Å². The maximum absolute atomic E-state index is 13.6. The number of amides is 1. The number of allylic oxidation sites excluding steroid dienone is 1. The van der Waals surface area contributed by atoms with Crippen LogP contribution in [0.2, 0.25) is 10.0 Å². The number of halogens is 5. The molecule has 2 aromatic rings. The highest BCUT2D eigenvalue weighted by Crippen LogP contribution is 2.38. The predicted octanol–water partition coefficient (Wildman–Crippen LogP) is 6.80. The minimum Gasteiger partial charge on any atom is -0.350 e. The molecule has 0 aromatic heterocycles. The van der Waals surface area contributed by atoms with E-state index in [-0.39, 0.29) is 27.6 Å². The van der Waals surface area contributed by atoms with Gasteiger partial charge in [-0.1, -0.05) is 47.5 Å². The number of nitrogens with one attached hydrogen (secondary N) is 1. The van der Waals surface area contributed by atoms with Crippen molar-refractivity contribution in [1.82, 2.24) is 5.32 Å². The van der Waals surface area contributed by atoms with E-state index >= 15 is 0 Å². The molecular weight excluding hydrogens is 410 g/mol. The van der Waals surface area contributed by atoms with Crippen molar-refractivity contribution in [3.8, 4) is 0 Å². The fraction of sp³-hybridized carbons (Fsp3) is 0.286. The zero-order chi connectivity index (χ0) is 21.1. The van der Waals surface area contributed by atoms with Crippen LogP contribution in [-0.4, -0.2) is 18.1 Å². The summed E-state index contributed by atoms with van der Waals surface area (Å²) in [4.78, 5) is 12.1. The first-order chi connectivity index (χ1) is 13.0. The Kier molecular flexibility index (Phi) is 7.18. The zero-order valence-electron chi connectivity index (χ0n) is 15.6. The standard InChI is InChI=1S/C21H20Cl2F3NO/c1-12(2)27-20(28)18-6-4-14(8-13(18)3)5-7-19(21(24,25)26)15-9-16(22)11-17(23)10-15/h4-12,19H,1-3H3,(H,27,28)/b7-5+. The lowest BCUT2D eigenvalue weighted by Gasteiger charge is -2.18. The van der Waals surface area contributed by atoms with Crippen LogP contribution in [0.1, 0.15) is 46.8 Å². The monoisotopic (exact) mass is 429 g/mol. The normalized spacial score (nSPS) is 13.2. The first kappa shape index (κ1) is 22.3. The Labute approximate surface area is 172 Å². The molecule has 0 heterocycles. The number of hydrogen-bond acceptors (Lipinski definition) is 1. The molecule has 2 rings (SSSR count). The highest BCUT2D eigenvalue weighted by molar-refractivity contribution is 6.34. The summed E-state index contributed by atoms with van der Waals surface area (Å²) in [6, 6.07) is 8.76. The molecule has 0 aliphatic heterocycles. The van der Waals surface area contributed by atoms with Gasteiger partial charge in [0.2, 0.25) is 0 Å². The molecule has 2 nitrogen and oxygen atoms in total. The lowest BCUT2D eigenvalue weighted by molar-refractivity contribution is -0.139. The van der Waals surface area contributed by atoms with Gasteiger partial charge >= 0.3 is 6.18 Å². The lowest BCUT2D eigenvalue weighted by atomic mass is 9.96. The van der Waals surface area contributed by atoms with E-state index in [9.17, 15) is 18.0 Å². The largest absolute Gasteiger partial charge is 0.399 e. The van der Waals surface area contributed by atoms with Gasteiger partial charge in [0.1, 0.15) is 0 Å². The summed E-state index contributed by atoms with van der Waals surface area (Å²) in [5, 5.41) is 3.07. The first-order valence-corrected chi connectivity index (χ1v) is 9.35. The molecule has 0 aliphatic rings. The van der Waals surface area contributed by atoms with Crippen molar-refractivity contribution in [3.63, 3.8) is 0 Å². The van der Waals surface area contributed by atoms with E-state index in [1.807, 2.05) is 13.8 Å². The van der Waals surface area contributed by atoms with E-state index < -0.39 is 12.1 Å². The summed E-state index contributed by atoms with van der Waals surface area (Å²) in [5.41, 5.74) is 1.68. The van der Waals surface area contributed by atoms with Gasteiger partial charge in [0.25, 0.3) is 5.91 Å². The topological polar surface area (TPSA) is 29.1 Å². The molecule has 0 fully saturated rings. The Morgan fingerprint density at radius 1 is 1.07 bits per heavy atom. The molecule has 150 valence electrons. The average molecular weight is 430 g/mol. The molecule has 7 heteroatoms. The van der Waals surface area contributed by atoms with Gasteiger partial charge in [-0.2, -0.15) is 13.2 Å². The average Bonchev–Trinajstić information content (AvgIpc) is 2.52. The molecule has 1 amide bonds. The van der Waals surface area contributed by atoms with Crippen molar-refractivity contribution < 1.29 is 18.0 Å². The molecule has 0 saturated carbocycles. The molecular formula is C21H20Cl2F3NO. The maximum Gasteiger partial charge on any atom is 0.399 e. The molecule has 2 aromatic carbocycles. The van der Waals surface area contributed by atoms with Gasteiger partial charge in [-0.05, 0) is 61.7 Å². The van der Waals surface area contributed by atoms with Gasteiger partial charge < -0.3 is 5.32 Å². The first-order valence-electron chi connectivity index (χ1n) is 8.60. The van der Waals surface area contributed by atoms with Gasteiger partial charge in [0, 0.05) is 21.7 Å². The molecule has 0 spiro atoms. The van der Waals surface area contributed by atoms with Crippen LogP contribution in [0, 0.1) is 6.92 Å². The molecule has 0 aliphatic carbocycles. The van der Waals surface area contributed by atoms with E-state index in [0.29, 0.717) is 16.7 Å². The third kappa shape index (κ3) is 6.01. The maximum atomic E-state index is 13.6. The third-order valence-corrected chi connectivity index (χ3v) is 4.43. The Morgan fingerprint density at radius 3 is 2.18 bits per heavy atom. The van der Waals surface area contributed by atoms with E-state index in [1.165, 1.54) is 24.3 Å². The number of benzene rings is 2. The van der Waals surface area contributed by atoms with Crippen LogP contribution in [0.15, 0.2) is 42.5 Å². The number of carbonyl (C=O) groups is 1. The van der Waals surface area contributed by atoms with Crippen LogP contribution in [0.3, 0.4) is 0 Å². The van der Waals surface area contributed by atoms with Crippen molar-refractivity contribution in [3.05, 3.63) is 74.8 Å². The van der Waals surface area contributed by atoms with E-state index in [4.69, 9.17) is 23.2 Å². The Bertz CT molecular complexity index is 871. The molecule has 28 heavy (non-hydrogen) atoms. The SMILES string of the molecule is Cc1cc(/C=C/C(c2cc(Cl)cc(Cl)c2)C(F)(F)F)ccc1C(=O)NC(C)C. The Balaban J connectivity index is 2.32. The third-order valence-electron chi connectivity index (χ3n) is 3.99. The van der Waals surface area contributed by atoms with Crippen LogP contribution in [0.4, 0.5) is 13.2 Å². The second-order valence-corrected chi connectivity index (χ2v) is 7.66. The smallest absolute Gasteiger partial charge is 0.350 e. The summed E-state index contributed by atoms with van der Waals surface area (Å²) < 4.78 is 40.7. The summed E-state index contributed by atoms with van der Waals surface area (Å²) in [5.74, 6) is -2.07. The quantitative estimate of drug-likeness (QED) is 0.556. The molecule has 0 radical (unpaired) electrons. The van der Waals surface area contributed by atoms with E-state index in [1.54, 1.807) is 25.1 Å². The predicted molar refractivity (Wildman–Crippen MR) is 108 cm³/mol. The van der Waals surface area contributed by atoms with Crippen LogP contribution in [-0.2, 0) is 0 Å². The molecule has 1 N–H and O–H groups in total. The molecule has 1 atom stereocenters. The van der Waals surface area contributed by atoms with Gasteiger partial charge in [0.05, 0.1) is 5.92 Å². The van der Waals surface area contributed by atoms with Gasteiger partial charge in [-0.15, -0.1) is 0 Å². The van der Waals surface area contributed by atoms with Crippen molar-refractivity contribution in [2.24, 2.45) is 0 Å². The number of hydrogen-bond donors (Lipinski definition) is 1. The van der Waals surface area contributed by atoms with Gasteiger partial charge in [0.15, 0.2) is 0 Å². The van der Waals surface area contributed by atoms with Crippen LogP contribution >= 0.6 is 23.2 Å². The van der Waals surface area contributed by atoms with Gasteiger partial charge in [-0.3, -0.25) is 4.79 Å². The number of rotatable bonds is 5. The summed E-state index contributed by atoms with van der Waals surface area (Å²) >= 11 is 11.7. The zero-order valence-corrected chi connectivity index (χ0v) is 17.1. The van der Waals surface area contributed by atoms with Crippen molar-refractivity contribution >= 4 is 35.2 Å². The van der Waals surface area contributed by atoms with Crippen LogP contribution in [0.25, 0.3) is 6.08 Å². The lowest BCUT2D eigenvalue weighted by Crippen LogP contribution is -2.30. The highest BCUT2D eigenvalue weighted by Gasteiger charge is 2.39. The van der Waals surface area contributed by atoms with Gasteiger partial charge in [-0.25, -0.2) is 0 Å². The Hall–Kier alpha value is -1.98. The number of alkyl halides is 3. The molecule has 0 saturated heterocycles. The van der Waals surface area contributed by atoms with E-state index in [0.717, 1.165) is 6.08 Å². The summed E-state index contributed by atoms with van der Waals surface area (Å²) in [7, 11) is 0. The molecule has 0 bridgehead atoms. The molecule has 1 unspecified atom stereocenters. The summed E-state index contributed by atoms with van der Waals surface area (Å²) in [6.07, 6.45) is -2.06. The fourth-order valence-electron chi connectivity index (χ4n) is 2.76. The number of aryl methyl sites for hydroxylation is 1. The van der Waals surface area contributed by atoms with Crippen molar-refractivity contribution in [1.29, 1.82) is 0 Å².